The Morgan fingerprint density at radius 3 is 1.03 bits per heavy atom. The number of hydrogen-bond donors (Lipinski definition) is 0. The van der Waals surface area contributed by atoms with Crippen LogP contribution in [0.15, 0.2) is 158 Å². The van der Waals surface area contributed by atoms with Crippen LogP contribution in [-0.2, 0) is 28.6 Å². The minimum Gasteiger partial charge on any atom is -0.462 e. The van der Waals surface area contributed by atoms with E-state index >= 15 is 0 Å². The average molecular weight is 851 g/mol. The van der Waals surface area contributed by atoms with Crippen molar-refractivity contribution in [3.05, 3.63) is 158 Å². The molecule has 0 fully saturated rings. The van der Waals surface area contributed by atoms with Crippen LogP contribution in [0.25, 0.3) is 0 Å². The molecule has 6 nitrogen and oxygen atoms in total. The number of rotatable bonds is 39. The molecule has 0 aliphatic rings. The fraction of sp³-hybridized carbons (Fsp3) is 0.482. The van der Waals surface area contributed by atoms with E-state index in [1.807, 2.05) is 97.2 Å². The first-order chi connectivity index (χ1) is 30.5. The van der Waals surface area contributed by atoms with Crippen LogP contribution in [0, 0.1) is 0 Å². The van der Waals surface area contributed by atoms with E-state index in [1.165, 1.54) is 6.42 Å². The fourth-order valence-electron chi connectivity index (χ4n) is 5.56. The van der Waals surface area contributed by atoms with Crippen molar-refractivity contribution >= 4 is 17.9 Å². The maximum atomic E-state index is 12.7. The summed E-state index contributed by atoms with van der Waals surface area (Å²) in [6.07, 6.45) is 70.8. The fourth-order valence-corrected chi connectivity index (χ4v) is 5.56. The first kappa shape index (κ1) is 57.0. The number of carbonyl (C=O) groups excluding carboxylic acids is 3. The topological polar surface area (TPSA) is 78.9 Å². The van der Waals surface area contributed by atoms with Gasteiger partial charge in [0.15, 0.2) is 6.10 Å². The molecule has 0 radical (unpaired) electrons. The molecule has 0 bridgehead atoms. The van der Waals surface area contributed by atoms with E-state index in [9.17, 15) is 14.4 Å². The summed E-state index contributed by atoms with van der Waals surface area (Å²) in [4.78, 5) is 37.8. The van der Waals surface area contributed by atoms with Gasteiger partial charge in [-0.3, -0.25) is 14.4 Å². The number of unbranched alkanes of at least 4 members (excludes halogenated alkanes) is 12. The molecule has 0 saturated heterocycles. The van der Waals surface area contributed by atoms with Gasteiger partial charge in [0.1, 0.15) is 13.2 Å². The molecule has 0 spiro atoms. The molecule has 0 aliphatic heterocycles. The first-order valence-electron chi connectivity index (χ1n) is 23.7. The van der Waals surface area contributed by atoms with Crippen LogP contribution in [0.3, 0.4) is 0 Å². The van der Waals surface area contributed by atoms with Crippen LogP contribution < -0.4 is 0 Å². The quantitative estimate of drug-likeness (QED) is 0.0265. The molecule has 0 rings (SSSR count). The Kier molecular flexibility index (Phi) is 44.8. The zero-order valence-corrected chi connectivity index (χ0v) is 38.8. The molecule has 0 N–H and O–H groups in total. The van der Waals surface area contributed by atoms with Crippen LogP contribution >= 0.6 is 0 Å². The second kappa shape index (κ2) is 48.7. The zero-order valence-electron chi connectivity index (χ0n) is 38.8. The van der Waals surface area contributed by atoms with Gasteiger partial charge in [0.2, 0.25) is 0 Å². The highest BCUT2D eigenvalue weighted by atomic mass is 16.6. The molecule has 0 aliphatic carbocycles. The average Bonchev–Trinajstić information content (AvgIpc) is 3.27. The summed E-state index contributed by atoms with van der Waals surface area (Å²) in [7, 11) is 0. The van der Waals surface area contributed by atoms with Crippen molar-refractivity contribution in [1.29, 1.82) is 0 Å². The maximum absolute atomic E-state index is 12.7. The summed E-state index contributed by atoms with van der Waals surface area (Å²) in [6.45, 7) is 6.12. The Balaban J connectivity index is 4.61. The minimum atomic E-state index is -0.841. The third-order valence-corrected chi connectivity index (χ3v) is 9.05. The monoisotopic (exact) mass is 851 g/mol. The van der Waals surface area contributed by atoms with Crippen molar-refractivity contribution in [2.24, 2.45) is 0 Å². The van der Waals surface area contributed by atoms with Gasteiger partial charge in [0.25, 0.3) is 0 Å². The summed E-state index contributed by atoms with van der Waals surface area (Å²) >= 11 is 0. The molecule has 1 atom stereocenters. The maximum Gasteiger partial charge on any atom is 0.306 e. The van der Waals surface area contributed by atoms with Crippen LogP contribution in [0.5, 0.6) is 0 Å². The van der Waals surface area contributed by atoms with E-state index in [-0.39, 0.29) is 31.6 Å². The van der Waals surface area contributed by atoms with Gasteiger partial charge in [-0.05, 0) is 70.6 Å². The predicted octanol–water partition coefficient (Wildman–Crippen LogP) is 15.5. The van der Waals surface area contributed by atoms with E-state index in [2.05, 4.69) is 81.5 Å². The van der Waals surface area contributed by atoms with Gasteiger partial charge < -0.3 is 14.2 Å². The van der Waals surface area contributed by atoms with Gasteiger partial charge in [-0.1, -0.05) is 224 Å². The van der Waals surface area contributed by atoms with Crippen LogP contribution in [0.1, 0.15) is 156 Å². The highest BCUT2D eigenvalue weighted by molar-refractivity contribution is 5.71. The summed E-state index contributed by atoms with van der Waals surface area (Å²) < 4.78 is 16.6. The van der Waals surface area contributed by atoms with Crippen molar-refractivity contribution in [1.82, 2.24) is 0 Å². The van der Waals surface area contributed by atoms with Crippen molar-refractivity contribution < 1.29 is 28.6 Å². The lowest BCUT2D eigenvalue weighted by atomic mass is 10.1. The van der Waals surface area contributed by atoms with Gasteiger partial charge in [0, 0.05) is 19.3 Å². The highest BCUT2D eigenvalue weighted by Gasteiger charge is 2.19. The van der Waals surface area contributed by atoms with E-state index in [0.29, 0.717) is 25.7 Å². The summed E-state index contributed by atoms with van der Waals surface area (Å²) in [5.41, 5.74) is 0. The number of hydrogen-bond acceptors (Lipinski definition) is 6. The Labute approximate surface area is 378 Å². The third-order valence-electron chi connectivity index (χ3n) is 9.05. The lowest BCUT2D eigenvalue weighted by Gasteiger charge is -2.18. The molecule has 0 saturated carbocycles. The van der Waals surface area contributed by atoms with Crippen LogP contribution in [0.4, 0.5) is 0 Å². The molecular formula is C56H82O6. The lowest BCUT2D eigenvalue weighted by Crippen LogP contribution is -2.30. The first-order valence-corrected chi connectivity index (χ1v) is 23.7. The van der Waals surface area contributed by atoms with E-state index in [4.69, 9.17) is 14.2 Å². The normalized spacial score (nSPS) is 13.5. The van der Waals surface area contributed by atoms with Gasteiger partial charge in [-0.15, -0.1) is 0 Å². The molecule has 0 aromatic rings. The number of ether oxygens (including phenoxy) is 3. The van der Waals surface area contributed by atoms with Gasteiger partial charge in [0.05, 0.1) is 0 Å². The third kappa shape index (κ3) is 46.1. The van der Waals surface area contributed by atoms with E-state index < -0.39 is 12.1 Å². The molecule has 0 heterocycles. The lowest BCUT2D eigenvalue weighted by molar-refractivity contribution is -0.167. The van der Waals surface area contributed by atoms with Crippen molar-refractivity contribution in [2.45, 2.75) is 162 Å². The Bertz CT molecular complexity index is 1490. The zero-order chi connectivity index (χ0) is 45.1. The minimum absolute atomic E-state index is 0.134. The second-order valence-electron chi connectivity index (χ2n) is 14.9. The molecular weight excluding hydrogens is 769 g/mol. The number of allylic oxidation sites excluding steroid dienone is 26. The molecule has 1 unspecified atom stereocenters. The highest BCUT2D eigenvalue weighted by Crippen LogP contribution is 2.11. The molecule has 342 valence electrons. The number of carbonyl (C=O) groups is 3. The molecule has 62 heavy (non-hydrogen) atoms. The van der Waals surface area contributed by atoms with Crippen LogP contribution in [-0.4, -0.2) is 37.2 Å². The predicted molar refractivity (Wildman–Crippen MR) is 265 cm³/mol. The Hall–Kier alpha value is -4.97. The van der Waals surface area contributed by atoms with Gasteiger partial charge >= 0.3 is 17.9 Å². The summed E-state index contributed by atoms with van der Waals surface area (Å²) in [5.74, 6) is -1.07. The van der Waals surface area contributed by atoms with Crippen molar-refractivity contribution in [3.63, 3.8) is 0 Å². The van der Waals surface area contributed by atoms with Gasteiger partial charge in [-0.25, -0.2) is 0 Å². The van der Waals surface area contributed by atoms with Gasteiger partial charge in [-0.2, -0.15) is 0 Å². The molecule has 0 aromatic carbocycles. The van der Waals surface area contributed by atoms with Crippen LogP contribution in [0.2, 0.25) is 0 Å². The van der Waals surface area contributed by atoms with E-state index in [0.717, 1.165) is 96.3 Å². The Morgan fingerprint density at radius 2 is 0.645 bits per heavy atom. The van der Waals surface area contributed by atoms with Crippen molar-refractivity contribution in [3.8, 4) is 0 Å². The smallest absolute Gasteiger partial charge is 0.306 e. The summed E-state index contributed by atoms with van der Waals surface area (Å²) in [6, 6.07) is 0. The SMILES string of the molecule is CC\C=C/C=C\C=C/C=C\C=C/CCCC(=O)OC(COC(=O)CCCCCCC\C=C/C=C\C=C/C=C\C=C/CCC)COC(=O)CCCCCCC\C=C/C=C\C=C/CC. The molecule has 0 amide bonds. The molecule has 0 aromatic heterocycles. The summed E-state index contributed by atoms with van der Waals surface area (Å²) in [5, 5.41) is 0. The Morgan fingerprint density at radius 1 is 0.339 bits per heavy atom. The van der Waals surface area contributed by atoms with Crippen molar-refractivity contribution in [2.75, 3.05) is 13.2 Å². The number of esters is 3. The second-order valence-corrected chi connectivity index (χ2v) is 14.9. The van der Waals surface area contributed by atoms with E-state index in [1.54, 1.807) is 0 Å². The largest absolute Gasteiger partial charge is 0.462 e. The standard InChI is InChI=1S/C56H82O6/c1-4-7-10-13-16-19-22-25-26-27-28-29-32-34-37-40-43-46-49-55(58)61-52-53(62-56(59)50-47-44-41-38-35-31-24-21-18-15-12-9-6-3)51-60-54(57)48-45-42-39-36-33-30-23-20-17-14-11-8-5-2/h8-29,31,35,38,41,53H,4-7,30,32-34,36-37,39-40,42-52H2,1-3H3/b11-8-,12-9-,13-10-,17-14-,18-15-,19-16-,23-20-,24-21-,25-22-,27-26-,29-28-,35-31-,41-38-. The molecule has 6 heteroatoms.